The number of aliphatic hydroxyl groups is 1. The Morgan fingerprint density at radius 3 is 1.23 bits per heavy atom. The van der Waals surface area contributed by atoms with E-state index >= 15 is 0 Å². The number of ketones is 7. The zero-order chi connectivity index (χ0) is 106. The van der Waals surface area contributed by atoms with Crippen LogP contribution >= 0.6 is 0 Å². The molecule has 4 rings (SSSR count). The molecule has 3 aromatic heterocycles. The first-order chi connectivity index (χ1) is 67.4. The van der Waals surface area contributed by atoms with Crippen LogP contribution in [0.5, 0.6) is 5.75 Å². The third kappa shape index (κ3) is 51.0. The summed E-state index contributed by atoms with van der Waals surface area (Å²) in [5, 5.41) is 39.7. The van der Waals surface area contributed by atoms with E-state index in [1.54, 1.807) is 59.1 Å². The summed E-state index contributed by atoms with van der Waals surface area (Å²) in [5.41, 5.74) is 41.9. The van der Waals surface area contributed by atoms with Crippen molar-refractivity contribution in [3.8, 4) is 5.75 Å². The van der Waals surface area contributed by atoms with Crippen LogP contribution < -0.4 is 77.4 Å². The summed E-state index contributed by atoms with van der Waals surface area (Å²) >= 11 is 0. The number of H-pyrrole nitrogens is 3. The lowest BCUT2D eigenvalue weighted by atomic mass is 9.85. The third-order valence-electron chi connectivity index (χ3n) is 25.5. The third-order valence-corrected chi connectivity index (χ3v) is 25.5. The molecule has 4 aromatic rings. The number of aromatic amines is 3. The van der Waals surface area contributed by atoms with Crippen LogP contribution in [0.4, 0.5) is 0 Å². The van der Waals surface area contributed by atoms with Crippen molar-refractivity contribution in [3.63, 3.8) is 0 Å². The maximum Gasteiger partial charge on any atom is 0.224 e. The SMILES string of the molecule is CCCCCCCCCCCCCCCC(=O)N[C@@H](Cc1cnc[nH]1)C(=O)C[C@@H](C)C(=O)N[C@H](C(=O)C[C@@H](Cc1cnc[nH]1)C(=O)N[C@@H](C)C(C)=O)C(C)C.CC[C@@H](Cc1ccc(O)cc1)C(=O)N[C@@H](CCCN=C(N)N)C(=O)C[C@@H](Cc1cnc[nH]1)C(=O)N[C@@H](CCCN=C(N)N)C(=O)C[C@H](CCCN=C(N)N)C(=O)N[C@@H](CC(C)C)C(=O)C[C@@H](CC(C)C)C(=O)N[C@@H](CO)C(=O)C[C@H](C(N)=O)[C@@H](C)CC. The van der Waals surface area contributed by atoms with Crippen molar-refractivity contribution in [2.75, 3.05) is 26.2 Å². The van der Waals surface area contributed by atoms with Crippen LogP contribution in [-0.4, -0.2) is 214 Å². The van der Waals surface area contributed by atoms with Gasteiger partial charge in [0, 0.05) is 149 Å². The summed E-state index contributed by atoms with van der Waals surface area (Å²) in [5.74, 6) is -14.8. The lowest BCUT2D eigenvalue weighted by molar-refractivity contribution is -0.136. The molecule has 0 saturated carbocycles. The Morgan fingerprint density at radius 2 is 0.789 bits per heavy atom. The quantitative estimate of drug-likeness (QED) is 0.0118. The number of hydrogen-bond donors (Lipinski definition) is 19. The van der Waals surface area contributed by atoms with Crippen LogP contribution in [0, 0.1) is 65.1 Å². The number of carbonyl (C=O) groups excluding carboxylic acids is 15. The minimum absolute atomic E-state index is 0.0165. The van der Waals surface area contributed by atoms with Crippen LogP contribution in [-0.2, 0) is 97.6 Å². The molecule has 3 heterocycles. The molecule has 40 heteroatoms. The number of hydrogen-bond acceptors (Lipinski definition) is 23. The van der Waals surface area contributed by atoms with Gasteiger partial charge in [0.05, 0.1) is 73.7 Å². The molecule has 0 aliphatic carbocycles. The van der Waals surface area contributed by atoms with Crippen LogP contribution in [0.15, 0.2) is 76.8 Å². The van der Waals surface area contributed by atoms with E-state index in [9.17, 15) is 82.1 Å². The molecular formula is C102H169N23O17. The van der Waals surface area contributed by atoms with E-state index < -0.39 is 168 Å². The highest BCUT2D eigenvalue weighted by molar-refractivity contribution is 6.00. The minimum Gasteiger partial charge on any atom is -0.508 e. The van der Waals surface area contributed by atoms with Gasteiger partial charge in [0.15, 0.2) is 58.4 Å². The fourth-order valence-corrected chi connectivity index (χ4v) is 16.7. The number of guanidine groups is 3. The number of aliphatic imine (C=N–C) groups is 3. The Kier molecular flexibility index (Phi) is 60.2. The predicted octanol–water partition coefficient (Wildman–Crippen LogP) is 7.23. The van der Waals surface area contributed by atoms with Crippen LogP contribution in [0.3, 0.4) is 0 Å². The molecule has 26 N–H and O–H groups in total. The van der Waals surface area contributed by atoms with Crippen molar-refractivity contribution in [1.82, 2.24) is 67.1 Å². The summed E-state index contributed by atoms with van der Waals surface area (Å²) in [6.07, 6.45) is 26.1. The van der Waals surface area contributed by atoms with Gasteiger partial charge in [-0.25, -0.2) is 15.0 Å². The van der Waals surface area contributed by atoms with Gasteiger partial charge < -0.3 is 103 Å². The number of aromatic nitrogens is 6. The van der Waals surface area contributed by atoms with Crippen molar-refractivity contribution < 1.29 is 82.1 Å². The first-order valence-corrected chi connectivity index (χ1v) is 50.9. The van der Waals surface area contributed by atoms with Crippen LogP contribution in [0.25, 0.3) is 0 Å². The molecule has 40 nitrogen and oxygen atoms in total. The van der Waals surface area contributed by atoms with E-state index in [0.29, 0.717) is 42.8 Å². The van der Waals surface area contributed by atoms with Gasteiger partial charge in [0.1, 0.15) is 11.8 Å². The summed E-state index contributed by atoms with van der Waals surface area (Å²) in [4.78, 5) is 239. The lowest BCUT2D eigenvalue weighted by Crippen LogP contribution is -2.50. The topological polar surface area (TPSA) is 686 Å². The van der Waals surface area contributed by atoms with Gasteiger partial charge in [0.25, 0.3) is 0 Å². The van der Waals surface area contributed by atoms with Crippen molar-refractivity contribution in [2.45, 2.75) is 351 Å². The van der Waals surface area contributed by atoms with Crippen LogP contribution in [0.1, 0.15) is 305 Å². The van der Waals surface area contributed by atoms with E-state index in [2.05, 4.69) is 89.0 Å². The number of carbonyl (C=O) groups is 15. The van der Waals surface area contributed by atoms with Gasteiger partial charge in [-0.1, -0.05) is 172 Å². The second kappa shape index (κ2) is 68.9. The zero-order valence-electron chi connectivity index (χ0n) is 86.3. The Morgan fingerprint density at radius 1 is 0.387 bits per heavy atom. The van der Waals surface area contributed by atoms with Crippen molar-refractivity contribution in [1.29, 1.82) is 0 Å². The number of phenols is 1. The molecule has 142 heavy (non-hydrogen) atoms. The van der Waals surface area contributed by atoms with Crippen molar-refractivity contribution >= 4 is 106 Å². The highest BCUT2D eigenvalue weighted by atomic mass is 16.3. The molecule has 0 aliphatic rings. The first-order valence-electron chi connectivity index (χ1n) is 50.9. The summed E-state index contributed by atoms with van der Waals surface area (Å²) in [6.45, 7) is 22.8. The number of nitrogens with two attached hydrogens (primary N) is 7. The molecule has 15 atom stereocenters. The van der Waals surface area contributed by atoms with E-state index in [4.69, 9.17) is 40.1 Å². The number of aromatic hydroxyl groups is 1. The second-order valence-electron chi connectivity index (χ2n) is 39.1. The number of benzene rings is 1. The molecule has 0 aliphatic heterocycles. The average molecular weight is 1990 g/mol. The Balaban J connectivity index is 0.000000808. The van der Waals surface area contributed by atoms with E-state index in [-0.39, 0.29) is 187 Å². The molecule has 794 valence electrons. The monoisotopic (exact) mass is 1990 g/mol. The standard InChI is InChI=1S/C60H100N16O11.C42H69N7O6/c1-8-36(7)44(53(61)83)30-52(82)48(32-77)76-56(86)40(23-34(3)4)28-51(81)47(24-35(5)6)75-55(85)39(13-10-20-69-58(62)63)27-49(79)45(14-11-21-70-59(64)65)74-57(87)41(26-42-31-68-33-72-42)29-50(80)46(15-12-22-71-60(66)67)73-54(84)38(9-2)25-37-16-18-43(78)19-17-37;1-7-8-9-10-11-12-13-14-15-16-17-18-19-20-39(53)48-36(24-35-26-44-28-46-35)37(51)21-30(4)41(54)49-40(29(2)3)38(52)23-33(22-34-25-43-27-45-34)42(55)47-31(5)32(6)50/h16-19,31,33-36,38-41,44-48,77-78H,8-15,20-30,32H2,1-7H3,(H2,61,83)(H,68,72)(H,73,84)(H,74,87)(H,75,85)(H,76,86)(H4,62,63,69)(H4,64,65,70)(H4,66,67,71);25-31,33,36,40H,7-24H2,1-6H3,(H,43,45)(H,44,46)(H,47,55)(H,48,53)(H,49,54)/t36-,38-,39-,40+,41+,44-,45-,46-,47-,48-;30-,31+,33-,36+,40+/m01/s1. The second-order valence-corrected chi connectivity index (χ2v) is 39.1. The van der Waals surface area contributed by atoms with Gasteiger partial charge in [-0.3, -0.25) is 86.9 Å². The van der Waals surface area contributed by atoms with Gasteiger partial charge >= 0.3 is 0 Å². The number of imidazole rings is 3. The highest BCUT2D eigenvalue weighted by Gasteiger charge is 2.39. The lowest BCUT2D eigenvalue weighted by Gasteiger charge is -2.27. The maximum atomic E-state index is 14.8. The molecule has 0 bridgehead atoms. The number of rotatable bonds is 76. The van der Waals surface area contributed by atoms with E-state index in [0.717, 1.165) is 24.8 Å². The first kappa shape index (κ1) is 124. The largest absolute Gasteiger partial charge is 0.508 e. The molecule has 0 saturated heterocycles. The molecule has 0 fully saturated rings. The highest BCUT2D eigenvalue weighted by Crippen LogP contribution is 2.28. The zero-order valence-corrected chi connectivity index (χ0v) is 86.3. The number of phenolic OH excluding ortho intramolecular Hbond substituents is 1. The molecule has 0 radical (unpaired) electrons. The molecular weight excluding hydrogens is 1820 g/mol. The van der Waals surface area contributed by atoms with Crippen molar-refractivity contribution in [2.24, 2.45) is 120 Å². The molecule has 0 unspecified atom stereocenters. The van der Waals surface area contributed by atoms with Gasteiger partial charge in [-0.05, 0) is 126 Å². The number of amides is 8. The minimum atomic E-state index is -1.38. The van der Waals surface area contributed by atoms with Gasteiger partial charge in [0.2, 0.25) is 47.3 Å². The molecule has 0 spiro atoms. The molecule has 1 aromatic carbocycles. The maximum absolute atomic E-state index is 14.8. The van der Waals surface area contributed by atoms with E-state index in [1.807, 2.05) is 41.5 Å². The Hall–Kier alpha value is -12.1. The Bertz CT molecular complexity index is 4570. The summed E-state index contributed by atoms with van der Waals surface area (Å²) in [7, 11) is 0. The normalized spacial score (nSPS) is 14.5. The number of unbranched alkanes of at least 4 members (excludes halogenated alkanes) is 12. The summed E-state index contributed by atoms with van der Waals surface area (Å²) in [6, 6.07) is -0.905. The summed E-state index contributed by atoms with van der Waals surface area (Å²) < 4.78 is 0. The Labute approximate surface area is 838 Å². The number of primary amides is 1. The average Bonchev–Trinajstić information content (AvgIpc) is 1.18. The van der Waals surface area contributed by atoms with Gasteiger partial charge in [-0.15, -0.1) is 0 Å². The fraction of sp³-hybridized carbons (Fsp3) is 0.676. The number of aliphatic hydroxyl groups excluding tert-OH is 1. The number of Topliss-reactive ketones (excluding diaryl/α,β-unsaturated/α-hetero) is 7. The van der Waals surface area contributed by atoms with Gasteiger partial charge in [-0.2, -0.15) is 0 Å². The number of nitrogens with zero attached hydrogens (tertiary/aromatic N) is 6. The van der Waals surface area contributed by atoms with E-state index in [1.165, 1.54) is 108 Å². The fourth-order valence-electron chi connectivity index (χ4n) is 16.7. The van der Waals surface area contributed by atoms with Crippen molar-refractivity contribution in [3.05, 3.63) is 84.5 Å². The van der Waals surface area contributed by atoms with Crippen LogP contribution in [0.2, 0.25) is 0 Å². The number of nitrogens with one attached hydrogen (secondary N) is 10. The molecule has 8 amide bonds. The predicted molar refractivity (Wildman–Crippen MR) is 546 cm³/mol. The smallest absolute Gasteiger partial charge is 0.224 e.